The highest BCUT2D eigenvalue weighted by Crippen LogP contribution is 2.21. The Morgan fingerprint density at radius 3 is 2.45 bits per heavy atom. The molecule has 2 N–H and O–H groups in total. The monoisotopic (exact) mass is 266 g/mol. The lowest BCUT2D eigenvalue weighted by atomic mass is 10.1. The summed E-state index contributed by atoms with van der Waals surface area (Å²) >= 11 is 0. The third-order valence-electron chi connectivity index (χ3n) is 3.41. The summed E-state index contributed by atoms with van der Waals surface area (Å²) in [7, 11) is 1.96. The molecule has 0 fully saturated rings. The molecule has 0 atom stereocenters. The topological polar surface area (TPSA) is 58.3 Å². The summed E-state index contributed by atoms with van der Waals surface area (Å²) in [5.41, 5.74) is 2.86. The van der Waals surface area contributed by atoms with Crippen LogP contribution < -0.4 is 10.4 Å². The second-order valence-corrected chi connectivity index (χ2v) is 4.59. The van der Waals surface area contributed by atoms with Crippen molar-refractivity contribution in [1.82, 2.24) is 9.55 Å². The van der Waals surface area contributed by atoms with E-state index >= 15 is 0 Å². The zero-order valence-corrected chi connectivity index (χ0v) is 11.0. The molecule has 0 aliphatic rings. The number of fused-ring (bicyclic) bond motifs is 1. The summed E-state index contributed by atoms with van der Waals surface area (Å²) in [5, 5.41) is 19.5. The number of para-hydroxylation sites is 2. The highest BCUT2D eigenvalue weighted by molar-refractivity contribution is 5.80. The Labute approximate surface area is 115 Å². The van der Waals surface area contributed by atoms with Gasteiger partial charge in [-0.2, -0.15) is 0 Å². The largest absolute Gasteiger partial charge is 0.515 e. The number of nitrogens with zero attached hydrogens (tertiary/aromatic N) is 2. The van der Waals surface area contributed by atoms with Gasteiger partial charge in [-0.1, -0.05) is 24.3 Å². The van der Waals surface area contributed by atoms with E-state index in [2.05, 4.69) is 4.98 Å². The molecule has 0 spiro atoms. The molecule has 1 heterocycles. The van der Waals surface area contributed by atoms with Crippen molar-refractivity contribution in [3.05, 3.63) is 52.9 Å². The van der Waals surface area contributed by atoms with Crippen molar-refractivity contribution in [3.8, 4) is 11.4 Å². The Morgan fingerprint density at radius 2 is 1.75 bits per heavy atom. The number of aromatic nitrogens is 2. The first-order valence-corrected chi connectivity index (χ1v) is 6.25. The molecular formula is C16H14N2O2. The van der Waals surface area contributed by atoms with E-state index in [9.17, 15) is 5.11 Å². The Bertz CT molecular complexity index is 894. The molecule has 0 bridgehead atoms. The zero-order chi connectivity index (χ0) is 14.1. The number of rotatable bonds is 1. The van der Waals surface area contributed by atoms with Crippen molar-refractivity contribution in [2.24, 2.45) is 7.05 Å². The molecule has 2 aromatic carbocycles. The van der Waals surface area contributed by atoms with E-state index in [1.807, 2.05) is 41.9 Å². The van der Waals surface area contributed by atoms with Gasteiger partial charge in [0.25, 0.3) is 0 Å². The van der Waals surface area contributed by atoms with Crippen LogP contribution in [-0.4, -0.2) is 19.8 Å². The lowest BCUT2D eigenvalue weighted by Crippen LogP contribution is -2.24. The number of imidazole rings is 1. The highest BCUT2D eigenvalue weighted by atomic mass is 16.2. The van der Waals surface area contributed by atoms with Gasteiger partial charge in [0.2, 0.25) is 0 Å². The van der Waals surface area contributed by atoms with Gasteiger partial charge in [0.1, 0.15) is 5.82 Å². The Hall–Kier alpha value is -2.75. The lowest BCUT2D eigenvalue weighted by molar-refractivity contribution is 0.533. The molecule has 3 aromatic rings. The van der Waals surface area contributed by atoms with Crippen molar-refractivity contribution in [2.75, 3.05) is 0 Å². The molecule has 0 amide bonds. The van der Waals surface area contributed by atoms with Crippen LogP contribution in [0.1, 0.15) is 0 Å². The first-order valence-electron chi connectivity index (χ1n) is 6.25. The molecule has 4 nitrogen and oxygen atoms in total. The Morgan fingerprint density at radius 1 is 1.00 bits per heavy atom. The molecule has 4 heteroatoms. The normalized spacial score (nSPS) is 13.2. The van der Waals surface area contributed by atoms with Crippen molar-refractivity contribution < 1.29 is 10.2 Å². The number of aliphatic hydroxyl groups is 2. The van der Waals surface area contributed by atoms with Crippen LogP contribution in [0, 0.1) is 0 Å². The molecule has 0 saturated carbocycles. The van der Waals surface area contributed by atoms with Crippen LogP contribution in [-0.2, 0) is 7.05 Å². The third kappa shape index (κ3) is 1.82. The van der Waals surface area contributed by atoms with Gasteiger partial charge < -0.3 is 14.8 Å². The van der Waals surface area contributed by atoms with Crippen molar-refractivity contribution in [1.29, 1.82) is 0 Å². The van der Waals surface area contributed by atoms with Crippen LogP contribution in [0.15, 0.2) is 42.5 Å². The predicted molar refractivity (Wildman–Crippen MR) is 79.6 cm³/mol. The number of aryl methyl sites for hydroxylation is 1. The number of hydrogen-bond acceptors (Lipinski definition) is 3. The van der Waals surface area contributed by atoms with Gasteiger partial charge >= 0.3 is 0 Å². The van der Waals surface area contributed by atoms with E-state index in [1.165, 1.54) is 0 Å². The van der Waals surface area contributed by atoms with Crippen LogP contribution in [0.4, 0.5) is 0 Å². The third-order valence-corrected chi connectivity index (χ3v) is 3.41. The zero-order valence-electron chi connectivity index (χ0n) is 11.0. The van der Waals surface area contributed by atoms with Crippen LogP contribution >= 0.6 is 0 Å². The minimum atomic E-state index is 0.553. The van der Waals surface area contributed by atoms with Gasteiger partial charge in [-0.3, -0.25) is 0 Å². The maximum Gasteiger partial charge on any atom is 0.140 e. The van der Waals surface area contributed by atoms with Gasteiger partial charge in [-0.25, -0.2) is 4.98 Å². The Balaban J connectivity index is 2.29. The summed E-state index contributed by atoms with van der Waals surface area (Å²) < 4.78 is 2.01. The summed E-state index contributed by atoms with van der Waals surface area (Å²) in [4.78, 5) is 4.61. The van der Waals surface area contributed by atoms with E-state index in [0.717, 1.165) is 34.9 Å². The second kappa shape index (κ2) is 4.74. The average Bonchev–Trinajstić information content (AvgIpc) is 2.84. The molecular weight excluding hydrogens is 252 g/mol. The number of hydrogen-bond donors (Lipinski definition) is 2. The average molecular weight is 266 g/mol. The molecule has 0 saturated heterocycles. The Kier molecular flexibility index (Phi) is 2.91. The van der Waals surface area contributed by atoms with Gasteiger partial charge in [0, 0.05) is 23.0 Å². The molecule has 0 aliphatic heterocycles. The first-order chi connectivity index (χ1) is 9.74. The number of aliphatic hydroxyl groups excluding tert-OH is 2. The second-order valence-electron chi connectivity index (χ2n) is 4.59. The molecule has 100 valence electrons. The molecule has 20 heavy (non-hydrogen) atoms. The van der Waals surface area contributed by atoms with E-state index < -0.39 is 0 Å². The van der Waals surface area contributed by atoms with Crippen LogP contribution in [0.2, 0.25) is 0 Å². The predicted octanol–water partition coefficient (Wildman–Crippen LogP) is 1.83. The van der Waals surface area contributed by atoms with Crippen molar-refractivity contribution in [3.63, 3.8) is 0 Å². The minimum absolute atomic E-state index is 0.553. The SMILES string of the molecule is Cn1c(-c2ccc(=CO)c(=CO)c2)nc2ccccc21. The fraction of sp³-hybridized carbons (Fsp3) is 0.0625. The van der Waals surface area contributed by atoms with E-state index in [1.54, 1.807) is 12.1 Å². The molecule has 0 unspecified atom stereocenters. The standard InChI is InChI=1S/C16H14N2O2/c1-18-15-5-3-2-4-14(15)17-16(18)11-6-7-12(9-19)13(8-11)10-20/h2-10,19-20H,1H3. The maximum atomic E-state index is 9.25. The smallest absolute Gasteiger partial charge is 0.140 e. The van der Waals surface area contributed by atoms with Gasteiger partial charge in [0.15, 0.2) is 0 Å². The van der Waals surface area contributed by atoms with Crippen molar-refractivity contribution >= 4 is 23.6 Å². The van der Waals surface area contributed by atoms with Gasteiger partial charge in [0.05, 0.1) is 23.6 Å². The summed E-state index contributed by atoms with van der Waals surface area (Å²) in [6, 6.07) is 13.3. The van der Waals surface area contributed by atoms with Crippen LogP contribution in [0.25, 0.3) is 34.9 Å². The van der Waals surface area contributed by atoms with E-state index in [0.29, 0.717) is 10.4 Å². The van der Waals surface area contributed by atoms with Crippen LogP contribution in [0.3, 0.4) is 0 Å². The van der Waals surface area contributed by atoms with Gasteiger partial charge in [-0.15, -0.1) is 0 Å². The van der Waals surface area contributed by atoms with Crippen molar-refractivity contribution in [2.45, 2.75) is 0 Å². The first kappa shape index (κ1) is 12.3. The van der Waals surface area contributed by atoms with Crippen LogP contribution in [0.5, 0.6) is 0 Å². The quantitative estimate of drug-likeness (QED) is 0.706. The fourth-order valence-electron chi connectivity index (χ4n) is 2.35. The highest BCUT2D eigenvalue weighted by Gasteiger charge is 2.09. The lowest BCUT2D eigenvalue weighted by Gasteiger charge is -2.02. The van der Waals surface area contributed by atoms with E-state index in [4.69, 9.17) is 5.11 Å². The summed E-state index contributed by atoms with van der Waals surface area (Å²) in [6.07, 6.45) is 1.95. The molecule has 0 aliphatic carbocycles. The molecule has 0 radical (unpaired) electrons. The van der Waals surface area contributed by atoms with E-state index in [-0.39, 0.29) is 0 Å². The summed E-state index contributed by atoms with van der Waals surface area (Å²) in [6.45, 7) is 0. The van der Waals surface area contributed by atoms with Gasteiger partial charge in [-0.05, 0) is 18.2 Å². The number of benzene rings is 2. The fourth-order valence-corrected chi connectivity index (χ4v) is 2.35. The summed E-state index contributed by atoms with van der Waals surface area (Å²) in [5.74, 6) is 0.818. The maximum absolute atomic E-state index is 9.25. The minimum Gasteiger partial charge on any atom is -0.515 e. The molecule has 3 rings (SSSR count). The molecule has 1 aromatic heterocycles.